The van der Waals surface area contributed by atoms with Crippen molar-refractivity contribution in [1.29, 1.82) is 0 Å². The third kappa shape index (κ3) is 3.38. The van der Waals surface area contributed by atoms with Crippen molar-refractivity contribution in [2.45, 2.75) is 129 Å². The van der Waals surface area contributed by atoms with Crippen molar-refractivity contribution in [3.63, 3.8) is 0 Å². The van der Waals surface area contributed by atoms with Gasteiger partial charge in [0.2, 0.25) is 0 Å². The first kappa shape index (κ1) is 25.8. The highest BCUT2D eigenvalue weighted by Crippen LogP contribution is 2.71. The maximum absolute atomic E-state index is 12.1. The molecule has 6 rings (SSSR count). The molecule has 36 heavy (non-hydrogen) atoms. The summed E-state index contributed by atoms with van der Waals surface area (Å²) in [7, 11) is 0. The number of fused-ring (bicyclic) bond motifs is 7. The summed E-state index contributed by atoms with van der Waals surface area (Å²) in [6, 6.07) is 0. The van der Waals surface area contributed by atoms with Gasteiger partial charge < -0.3 is 25.2 Å². The minimum absolute atomic E-state index is 0.0242. The molecule has 5 nitrogen and oxygen atoms in total. The van der Waals surface area contributed by atoms with Gasteiger partial charge in [0, 0.05) is 5.92 Å². The van der Waals surface area contributed by atoms with Gasteiger partial charge in [-0.25, -0.2) is 0 Å². The van der Waals surface area contributed by atoms with Gasteiger partial charge in [-0.2, -0.15) is 0 Å². The fourth-order valence-corrected chi connectivity index (χ4v) is 11.3. The van der Waals surface area contributed by atoms with Crippen molar-refractivity contribution < 1.29 is 25.2 Å². The molecule has 6 aliphatic rings. The lowest BCUT2D eigenvalue weighted by Crippen LogP contribution is -2.65. The first-order valence-corrected chi connectivity index (χ1v) is 14.9. The molecular weight excluding hydrogens is 452 g/mol. The van der Waals surface area contributed by atoms with Crippen LogP contribution in [0.4, 0.5) is 0 Å². The lowest BCUT2D eigenvalue weighted by Gasteiger charge is -2.68. The van der Waals surface area contributed by atoms with Crippen molar-refractivity contribution in [3.05, 3.63) is 11.6 Å². The van der Waals surface area contributed by atoms with Crippen molar-refractivity contribution in [2.75, 3.05) is 0 Å². The normalized spacial score (nSPS) is 60.9. The summed E-state index contributed by atoms with van der Waals surface area (Å²) in [5.74, 6) is 2.62. The zero-order chi connectivity index (χ0) is 25.8. The standard InChI is InChI=1S/C31H50O5/c1-17-8-12-28(2)13-9-19-18(21(28)16-17)6-7-22-29(19,3)15-11-23-30(22,4)14-10-20(31(23,5)35)26-24(32)25(33)27(34)36-26/h6,17,19-27,32-35H,7-16H2,1-5H3/t17?,19?,20?,21?,22?,23?,24?,25?,26?,27?,28?,29?,30?,31-/m1/s1. The summed E-state index contributed by atoms with van der Waals surface area (Å²) in [6.45, 7) is 12.0. The highest BCUT2D eigenvalue weighted by Gasteiger charge is 2.66. The van der Waals surface area contributed by atoms with E-state index < -0.39 is 30.2 Å². The molecule has 0 bridgehead atoms. The summed E-state index contributed by atoms with van der Waals surface area (Å²) >= 11 is 0. The molecule has 5 aliphatic carbocycles. The molecule has 0 spiro atoms. The molecule has 4 N–H and O–H groups in total. The summed E-state index contributed by atoms with van der Waals surface area (Å²) < 4.78 is 5.63. The van der Waals surface area contributed by atoms with Gasteiger partial charge in [0.25, 0.3) is 0 Å². The van der Waals surface area contributed by atoms with Crippen LogP contribution in [0, 0.1) is 51.8 Å². The summed E-state index contributed by atoms with van der Waals surface area (Å²) in [5, 5.41) is 42.9. The Kier molecular flexibility index (Phi) is 5.93. The van der Waals surface area contributed by atoms with Gasteiger partial charge in [-0.3, -0.25) is 0 Å². The molecule has 4 saturated carbocycles. The van der Waals surface area contributed by atoms with E-state index in [1.807, 2.05) is 6.92 Å². The van der Waals surface area contributed by atoms with Gasteiger partial charge in [-0.15, -0.1) is 0 Å². The monoisotopic (exact) mass is 502 g/mol. The van der Waals surface area contributed by atoms with Crippen molar-refractivity contribution in [2.24, 2.45) is 51.8 Å². The molecule has 5 fully saturated rings. The second-order valence-electron chi connectivity index (χ2n) is 15.1. The topological polar surface area (TPSA) is 90.2 Å². The van der Waals surface area contributed by atoms with E-state index in [0.29, 0.717) is 17.3 Å². The Hall–Kier alpha value is -0.460. The number of aliphatic hydroxyl groups excluding tert-OH is 3. The van der Waals surface area contributed by atoms with Crippen LogP contribution in [0.25, 0.3) is 0 Å². The molecule has 0 aromatic heterocycles. The number of ether oxygens (including phenoxy) is 1. The number of hydrogen-bond acceptors (Lipinski definition) is 5. The molecule has 14 atom stereocenters. The minimum Gasteiger partial charge on any atom is -0.389 e. The van der Waals surface area contributed by atoms with Crippen LogP contribution in [0.2, 0.25) is 0 Å². The molecule has 5 heteroatoms. The van der Waals surface area contributed by atoms with E-state index >= 15 is 0 Å². The predicted molar refractivity (Wildman–Crippen MR) is 139 cm³/mol. The van der Waals surface area contributed by atoms with Crippen molar-refractivity contribution in [3.8, 4) is 0 Å². The number of rotatable bonds is 1. The van der Waals surface area contributed by atoms with Crippen LogP contribution in [0.15, 0.2) is 11.6 Å². The maximum atomic E-state index is 12.1. The highest BCUT2D eigenvalue weighted by molar-refractivity contribution is 5.28. The van der Waals surface area contributed by atoms with Gasteiger partial charge >= 0.3 is 0 Å². The fourth-order valence-electron chi connectivity index (χ4n) is 11.3. The van der Waals surface area contributed by atoms with E-state index in [9.17, 15) is 20.4 Å². The molecule has 0 amide bonds. The van der Waals surface area contributed by atoms with Crippen molar-refractivity contribution >= 4 is 0 Å². The predicted octanol–water partition coefficient (Wildman–Crippen LogP) is 4.81. The second kappa shape index (κ2) is 8.27. The quantitative estimate of drug-likeness (QED) is 0.387. The van der Waals surface area contributed by atoms with Gasteiger partial charge in [0.15, 0.2) is 6.29 Å². The van der Waals surface area contributed by atoms with E-state index in [4.69, 9.17) is 4.74 Å². The Morgan fingerprint density at radius 3 is 2.19 bits per heavy atom. The van der Waals surface area contributed by atoms with Gasteiger partial charge in [0.05, 0.1) is 11.7 Å². The van der Waals surface area contributed by atoms with Crippen LogP contribution in [0.5, 0.6) is 0 Å². The SMILES string of the molecule is CC1CCC2(C)CCC3C(=CCC4C3(C)CCC3C4(C)CCC(C4OC(O)C(O)C4O)[C@@]3(C)O)C2C1. The molecule has 1 aliphatic heterocycles. The number of aliphatic hydroxyl groups is 4. The van der Waals surface area contributed by atoms with Crippen LogP contribution in [-0.4, -0.2) is 50.6 Å². The average Bonchev–Trinajstić information content (AvgIpc) is 3.06. The van der Waals surface area contributed by atoms with E-state index in [2.05, 4.69) is 33.8 Å². The molecule has 1 heterocycles. The van der Waals surface area contributed by atoms with Gasteiger partial charge in [-0.05, 0) is 111 Å². The second-order valence-corrected chi connectivity index (χ2v) is 15.1. The first-order chi connectivity index (χ1) is 16.8. The lowest BCUT2D eigenvalue weighted by molar-refractivity contribution is -0.235. The first-order valence-electron chi connectivity index (χ1n) is 14.9. The van der Waals surface area contributed by atoms with E-state index in [1.165, 1.54) is 32.1 Å². The Labute approximate surface area is 217 Å². The molecule has 0 radical (unpaired) electrons. The van der Waals surface area contributed by atoms with Crippen LogP contribution in [0.3, 0.4) is 0 Å². The smallest absolute Gasteiger partial charge is 0.183 e. The zero-order valence-electron chi connectivity index (χ0n) is 23.1. The fraction of sp³-hybridized carbons (Fsp3) is 0.935. The Balaban J connectivity index is 1.30. The van der Waals surface area contributed by atoms with Crippen LogP contribution in [0.1, 0.15) is 98.8 Å². The minimum atomic E-state index is -1.38. The highest BCUT2D eigenvalue weighted by atomic mass is 16.6. The van der Waals surface area contributed by atoms with Crippen molar-refractivity contribution in [1.82, 2.24) is 0 Å². The molecule has 13 unspecified atom stereocenters. The molecule has 204 valence electrons. The largest absolute Gasteiger partial charge is 0.389 e. The van der Waals surface area contributed by atoms with Gasteiger partial charge in [0.1, 0.15) is 12.2 Å². The molecule has 1 saturated heterocycles. The zero-order valence-corrected chi connectivity index (χ0v) is 23.1. The molecule has 0 aromatic rings. The summed E-state index contributed by atoms with van der Waals surface area (Å²) in [5.41, 5.74) is 1.56. The van der Waals surface area contributed by atoms with Crippen LogP contribution < -0.4 is 0 Å². The maximum Gasteiger partial charge on any atom is 0.183 e. The average molecular weight is 503 g/mol. The number of hydrogen-bond donors (Lipinski definition) is 4. The van der Waals surface area contributed by atoms with Gasteiger partial charge in [-0.1, -0.05) is 45.8 Å². The molecular formula is C31H50O5. The van der Waals surface area contributed by atoms with Crippen LogP contribution >= 0.6 is 0 Å². The van der Waals surface area contributed by atoms with Crippen LogP contribution in [-0.2, 0) is 4.74 Å². The summed E-state index contributed by atoms with van der Waals surface area (Å²) in [4.78, 5) is 0. The van der Waals surface area contributed by atoms with E-state index in [0.717, 1.165) is 43.9 Å². The van der Waals surface area contributed by atoms with E-state index in [-0.39, 0.29) is 22.7 Å². The third-order valence-electron chi connectivity index (χ3n) is 13.4. The Morgan fingerprint density at radius 1 is 0.806 bits per heavy atom. The lowest BCUT2D eigenvalue weighted by atomic mass is 9.37. The Bertz CT molecular complexity index is 915. The van der Waals surface area contributed by atoms with E-state index in [1.54, 1.807) is 5.57 Å². The third-order valence-corrected chi connectivity index (χ3v) is 13.4. The summed E-state index contributed by atoms with van der Waals surface area (Å²) in [6.07, 6.45) is 9.86. The number of allylic oxidation sites excluding steroid dienone is 2. The Morgan fingerprint density at radius 2 is 1.50 bits per heavy atom. The molecule has 0 aromatic carbocycles.